The molecule has 1 atom stereocenters. The Morgan fingerprint density at radius 1 is 1.56 bits per heavy atom. The van der Waals surface area contributed by atoms with Crippen molar-refractivity contribution in [3.05, 3.63) is 17.5 Å². The van der Waals surface area contributed by atoms with Gasteiger partial charge in [-0.25, -0.2) is 8.78 Å². The number of hydrogen-bond acceptors (Lipinski definition) is 3. The fraction of sp³-hybridized carbons (Fsp3) is 0.750. The molecule has 102 valence electrons. The van der Waals surface area contributed by atoms with Gasteiger partial charge in [0.25, 0.3) is 5.92 Å². The summed E-state index contributed by atoms with van der Waals surface area (Å²) < 4.78 is 28.7. The van der Waals surface area contributed by atoms with Crippen molar-refractivity contribution in [1.82, 2.24) is 14.7 Å². The second-order valence-corrected chi connectivity index (χ2v) is 5.03. The molecule has 0 bridgehead atoms. The summed E-state index contributed by atoms with van der Waals surface area (Å²) in [4.78, 5) is 1.95. The summed E-state index contributed by atoms with van der Waals surface area (Å²) in [5.74, 6) is -3.70. The standard InChI is InChI=1S/C12H19F2N3O/c1-9-5-11(16(2)15-9)7-17-4-3-12(13,14)10(6-17)8-18/h5,10,18H,3-4,6-8H2,1-2H3. The van der Waals surface area contributed by atoms with Crippen LogP contribution in [-0.2, 0) is 13.6 Å². The second-order valence-electron chi connectivity index (χ2n) is 5.03. The Balaban J connectivity index is 2.02. The monoisotopic (exact) mass is 259 g/mol. The quantitative estimate of drug-likeness (QED) is 0.886. The predicted octanol–water partition coefficient (Wildman–Crippen LogP) is 1.18. The summed E-state index contributed by atoms with van der Waals surface area (Å²) in [7, 11) is 1.85. The van der Waals surface area contributed by atoms with Crippen LogP contribution in [-0.4, -0.2) is 45.4 Å². The van der Waals surface area contributed by atoms with Gasteiger partial charge in [-0.05, 0) is 13.0 Å². The average Bonchev–Trinajstić information content (AvgIpc) is 2.60. The van der Waals surface area contributed by atoms with E-state index in [4.69, 9.17) is 5.11 Å². The molecule has 1 unspecified atom stereocenters. The van der Waals surface area contributed by atoms with Crippen molar-refractivity contribution in [2.24, 2.45) is 13.0 Å². The Morgan fingerprint density at radius 2 is 2.28 bits per heavy atom. The van der Waals surface area contributed by atoms with Gasteiger partial charge in [0.2, 0.25) is 0 Å². The van der Waals surface area contributed by atoms with Crippen LogP contribution >= 0.6 is 0 Å². The van der Waals surface area contributed by atoms with E-state index < -0.39 is 18.4 Å². The Bertz CT molecular complexity index is 419. The number of aliphatic hydroxyl groups is 1. The maximum atomic E-state index is 13.5. The molecule has 6 heteroatoms. The van der Waals surface area contributed by atoms with E-state index in [0.29, 0.717) is 13.1 Å². The molecule has 0 aliphatic carbocycles. The number of hydrogen-bond donors (Lipinski definition) is 1. The van der Waals surface area contributed by atoms with Crippen molar-refractivity contribution in [2.75, 3.05) is 19.7 Å². The smallest absolute Gasteiger partial charge is 0.255 e. The minimum atomic E-state index is -2.74. The van der Waals surface area contributed by atoms with Crippen molar-refractivity contribution in [3.63, 3.8) is 0 Å². The van der Waals surface area contributed by atoms with Crippen molar-refractivity contribution in [1.29, 1.82) is 0 Å². The van der Waals surface area contributed by atoms with E-state index in [0.717, 1.165) is 11.4 Å². The Hall–Kier alpha value is -1.01. The summed E-state index contributed by atoms with van der Waals surface area (Å²) in [5.41, 5.74) is 1.93. The molecule has 1 aliphatic rings. The van der Waals surface area contributed by atoms with Crippen LogP contribution in [0.5, 0.6) is 0 Å². The summed E-state index contributed by atoms with van der Waals surface area (Å²) in [6, 6.07) is 1.96. The molecule has 0 aromatic carbocycles. The lowest BCUT2D eigenvalue weighted by molar-refractivity contribution is -0.121. The molecular formula is C12H19F2N3O. The number of nitrogens with zero attached hydrogens (tertiary/aromatic N) is 3. The van der Waals surface area contributed by atoms with Crippen LogP contribution in [0, 0.1) is 12.8 Å². The van der Waals surface area contributed by atoms with E-state index in [9.17, 15) is 8.78 Å². The molecule has 2 heterocycles. The summed E-state index contributed by atoms with van der Waals surface area (Å²) >= 11 is 0. The number of halogens is 2. The van der Waals surface area contributed by atoms with Gasteiger partial charge in [-0.15, -0.1) is 0 Å². The van der Waals surface area contributed by atoms with Crippen molar-refractivity contribution in [2.45, 2.75) is 25.8 Å². The van der Waals surface area contributed by atoms with Crippen LogP contribution < -0.4 is 0 Å². The zero-order valence-corrected chi connectivity index (χ0v) is 10.7. The Kier molecular flexibility index (Phi) is 3.68. The second kappa shape index (κ2) is 4.93. The van der Waals surface area contributed by atoms with E-state index in [1.807, 2.05) is 24.9 Å². The van der Waals surface area contributed by atoms with E-state index in [-0.39, 0.29) is 13.0 Å². The normalized spacial score (nSPS) is 24.4. The van der Waals surface area contributed by atoms with Gasteiger partial charge in [0.05, 0.1) is 23.9 Å². The lowest BCUT2D eigenvalue weighted by Crippen LogP contribution is -2.48. The molecule has 1 N–H and O–H groups in total. The molecule has 0 radical (unpaired) electrons. The highest BCUT2D eigenvalue weighted by Gasteiger charge is 2.43. The molecule has 1 aromatic heterocycles. The number of aromatic nitrogens is 2. The van der Waals surface area contributed by atoms with Gasteiger partial charge in [-0.3, -0.25) is 9.58 Å². The number of alkyl halides is 2. The number of aliphatic hydroxyl groups excluding tert-OH is 1. The van der Waals surface area contributed by atoms with Gasteiger partial charge in [0.15, 0.2) is 0 Å². The molecule has 2 rings (SSSR count). The van der Waals surface area contributed by atoms with Crippen molar-refractivity contribution >= 4 is 0 Å². The third-order valence-electron chi connectivity index (χ3n) is 3.54. The predicted molar refractivity (Wildman–Crippen MR) is 63.4 cm³/mol. The van der Waals surface area contributed by atoms with Gasteiger partial charge in [0.1, 0.15) is 0 Å². The first-order valence-corrected chi connectivity index (χ1v) is 6.13. The van der Waals surface area contributed by atoms with Crippen LogP contribution in [0.4, 0.5) is 8.78 Å². The van der Waals surface area contributed by atoms with E-state index in [2.05, 4.69) is 5.10 Å². The average molecular weight is 259 g/mol. The molecule has 1 fully saturated rings. The minimum Gasteiger partial charge on any atom is -0.396 e. The van der Waals surface area contributed by atoms with Gasteiger partial charge in [-0.1, -0.05) is 0 Å². The molecule has 0 saturated carbocycles. The minimum absolute atomic E-state index is 0.185. The SMILES string of the molecule is Cc1cc(CN2CCC(F)(F)C(CO)C2)n(C)n1. The number of aryl methyl sites for hydroxylation is 2. The first-order chi connectivity index (χ1) is 8.42. The molecule has 0 amide bonds. The van der Waals surface area contributed by atoms with Gasteiger partial charge in [-0.2, -0.15) is 5.10 Å². The van der Waals surface area contributed by atoms with E-state index >= 15 is 0 Å². The van der Waals surface area contributed by atoms with Crippen molar-refractivity contribution < 1.29 is 13.9 Å². The Morgan fingerprint density at radius 3 is 2.83 bits per heavy atom. The lowest BCUT2D eigenvalue weighted by Gasteiger charge is -2.37. The van der Waals surface area contributed by atoms with Gasteiger partial charge < -0.3 is 5.11 Å². The van der Waals surface area contributed by atoms with E-state index in [1.165, 1.54) is 0 Å². The molecule has 1 aliphatic heterocycles. The van der Waals surface area contributed by atoms with Crippen LogP contribution in [0.1, 0.15) is 17.8 Å². The Labute approximate surface area is 105 Å². The highest BCUT2D eigenvalue weighted by molar-refractivity contribution is 5.08. The van der Waals surface area contributed by atoms with Gasteiger partial charge >= 0.3 is 0 Å². The topological polar surface area (TPSA) is 41.3 Å². The molecule has 0 spiro atoms. The molecular weight excluding hydrogens is 240 g/mol. The highest BCUT2D eigenvalue weighted by Crippen LogP contribution is 2.33. The third-order valence-corrected chi connectivity index (χ3v) is 3.54. The molecule has 4 nitrogen and oxygen atoms in total. The largest absolute Gasteiger partial charge is 0.396 e. The first kappa shape index (κ1) is 13.4. The van der Waals surface area contributed by atoms with E-state index in [1.54, 1.807) is 4.68 Å². The highest BCUT2D eigenvalue weighted by atomic mass is 19.3. The summed E-state index contributed by atoms with van der Waals surface area (Å²) in [6.45, 7) is 2.63. The first-order valence-electron chi connectivity index (χ1n) is 6.13. The summed E-state index contributed by atoms with van der Waals surface area (Å²) in [5, 5.41) is 13.3. The number of rotatable bonds is 3. The molecule has 1 saturated heterocycles. The van der Waals surface area contributed by atoms with Crippen LogP contribution in [0.3, 0.4) is 0 Å². The lowest BCUT2D eigenvalue weighted by atomic mass is 9.94. The van der Waals surface area contributed by atoms with Crippen LogP contribution in [0.25, 0.3) is 0 Å². The third kappa shape index (κ3) is 2.70. The maximum Gasteiger partial charge on any atom is 0.255 e. The van der Waals surface area contributed by atoms with Gasteiger partial charge in [0, 0.05) is 33.1 Å². The molecule has 18 heavy (non-hydrogen) atoms. The number of piperidine rings is 1. The number of likely N-dealkylation sites (tertiary alicyclic amines) is 1. The zero-order chi connectivity index (χ0) is 13.3. The maximum absolute atomic E-state index is 13.5. The fourth-order valence-corrected chi connectivity index (χ4v) is 2.42. The van der Waals surface area contributed by atoms with Crippen LogP contribution in [0.2, 0.25) is 0 Å². The van der Waals surface area contributed by atoms with Crippen LogP contribution in [0.15, 0.2) is 6.07 Å². The fourth-order valence-electron chi connectivity index (χ4n) is 2.42. The van der Waals surface area contributed by atoms with Crippen molar-refractivity contribution in [3.8, 4) is 0 Å². The molecule has 1 aromatic rings. The summed E-state index contributed by atoms with van der Waals surface area (Å²) in [6.07, 6.45) is -0.185. The zero-order valence-electron chi connectivity index (χ0n) is 10.7.